The predicted octanol–water partition coefficient (Wildman–Crippen LogP) is -1.82. The lowest BCUT2D eigenvalue weighted by molar-refractivity contribution is -0.137. The smallest absolute Gasteiger partial charge is 0.322 e. The van der Waals surface area contributed by atoms with Crippen molar-refractivity contribution >= 4 is 16.0 Å². The maximum atomic E-state index is 11.7. The van der Waals surface area contributed by atoms with Crippen LogP contribution in [0, 0.1) is 0 Å². The van der Waals surface area contributed by atoms with E-state index in [0.29, 0.717) is 0 Å². The lowest BCUT2D eigenvalue weighted by Gasteiger charge is -2.30. The van der Waals surface area contributed by atoms with Gasteiger partial charge in [-0.05, 0) is 0 Å². The van der Waals surface area contributed by atoms with E-state index in [1.165, 1.54) is 0 Å². The molecule has 1 rings (SSSR count). The predicted molar refractivity (Wildman–Crippen MR) is 54.2 cm³/mol. The molecule has 0 aromatic heterocycles. The molecule has 1 heterocycles. The zero-order valence-corrected chi connectivity index (χ0v) is 9.77. The van der Waals surface area contributed by atoms with E-state index in [4.69, 9.17) is 9.84 Å². The van der Waals surface area contributed by atoms with Crippen LogP contribution in [-0.2, 0) is 24.3 Å². The highest BCUT2D eigenvalue weighted by Gasteiger charge is 2.31. The standard InChI is InChI=1S/C8H15NO6S/c1-14-8(11)6-16(12,13)9-2-3-15-7(4-9)5-10/h7,10H,2-6H2,1H3. The van der Waals surface area contributed by atoms with E-state index in [1.54, 1.807) is 0 Å². The number of hydrogen-bond donors (Lipinski definition) is 1. The molecule has 0 aromatic carbocycles. The molecule has 0 bridgehead atoms. The van der Waals surface area contributed by atoms with Gasteiger partial charge in [0, 0.05) is 13.1 Å². The number of hydrogen-bond acceptors (Lipinski definition) is 6. The SMILES string of the molecule is COC(=O)CS(=O)(=O)N1CCOC(CO)C1. The molecule has 16 heavy (non-hydrogen) atoms. The van der Waals surface area contributed by atoms with Crippen molar-refractivity contribution in [2.75, 3.05) is 39.2 Å². The van der Waals surface area contributed by atoms with Gasteiger partial charge in [0.2, 0.25) is 10.0 Å². The summed E-state index contributed by atoms with van der Waals surface area (Å²) in [5.41, 5.74) is 0. The number of methoxy groups -OCH3 is 1. The summed E-state index contributed by atoms with van der Waals surface area (Å²) in [6.07, 6.45) is -0.527. The molecule has 1 unspecified atom stereocenters. The summed E-state index contributed by atoms with van der Waals surface area (Å²) in [4.78, 5) is 10.9. The van der Waals surface area contributed by atoms with E-state index in [-0.39, 0.29) is 26.3 Å². The van der Waals surface area contributed by atoms with Crippen molar-refractivity contribution in [3.63, 3.8) is 0 Å². The number of sulfonamides is 1. The summed E-state index contributed by atoms with van der Waals surface area (Å²) in [6, 6.07) is 0. The van der Waals surface area contributed by atoms with Crippen molar-refractivity contribution in [2.45, 2.75) is 6.10 Å². The minimum Gasteiger partial charge on any atom is -0.468 e. The Morgan fingerprint density at radius 2 is 2.31 bits per heavy atom. The molecule has 8 heteroatoms. The van der Waals surface area contributed by atoms with Gasteiger partial charge in [-0.1, -0.05) is 0 Å². The number of ether oxygens (including phenoxy) is 2. The average molecular weight is 253 g/mol. The zero-order chi connectivity index (χ0) is 12.2. The maximum absolute atomic E-state index is 11.7. The van der Waals surface area contributed by atoms with Crippen molar-refractivity contribution < 1.29 is 27.8 Å². The Balaban J connectivity index is 2.64. The Hall–Kier alpha value is -0.700. The van der Waals surface area contributed by atoms with Crippen LogP contribution in [0.5, 0.6) is 0 Å². The third kappa shape index (κ3) is 3.41. The van der Waals surface area contributed by atoms with Crippen LogP contribution in [-0.4, -0.2) is 69.1 Å². The average Bonchev–Trinajstić information content (AvgIpc) is 2.28. The van der Waals surface area contributed by atoms with Gasteiger partial charge < -0.3 is 14.6 Å². The molecule has 1 atom stereocenters. The number of aliphatic hydroxyl groups is 1. The lowest BCUT2D eigenvalue weighted by Crippen LogP contribution is -2.48. The van der Waals surface area contributed by atoms with Crippen molar-refractivity contribution in [3.8, 4) is 0 Å². The molecular formula is C8H15NO6S. The first kappa shape index (κ1) is 13.4. The minimum absolute atomic E-state index is 0.0653. The summed E-state index contributed by atoms with van der Waals surface area (Å²) in [6.45, 7) is 0.224. The second-order valence-corrected chi connectivity index (χ2v) is 5.33. The van der Waals surface area contributed by atoms with E-state index < -0.39 is 27.8 Å². The van der Waals surface area contributed by atoms with Crippen LogP contribution in [0.4, 0.5) is 0 Å². The number of carbonyl (C=O) groups excluding carboxylic acids is 1. The lowest BCUT2D eigenvalue weighted by atomic mass is 10.3. The van der Waals surface area contributed by atoms with Crippen LogP contribution < -0.4 is 0 Å². The fourth-order valence-electron chi connectivity index (χ4n) is 1.35. The molecule has 1 aliphatic heterocycles. The summed E-state index contributed by atoms with van der Waals surface area (Å²) in [5, 5.41) is 8.86. The van der Waals surface area contributed by atoms with Gasteiger partial charge in [-0.3, -0.25) is 4.79 Å². The molecule has 1 saturated heterocycles. The fraction of sp³-hybridized carbons (Fsp3) is 0.875. The van der Waals surface area contributed by atoms with Gasteiger partial charge in [0.25, 0.3) is 0 Å². The Kier molecular flexibility index (Phi) is 4.66. The van der Waals surface area contributed by atoms with Crippen LogP contribution in [0.3, 0.4) is 0 Å². The maximum Gasteiger partial charge on any atom is 0.322 e. The monoisotopic (exact) mass is 253 g/mol. The second-order valence-electron chi connectivity index (χ2n) is 3.37. The van der Waals surface area contributed by atoms with E-state index in [2.05, 4.69) is 4.74 Å². The van der Waals surface area contributed by atoms with Gasteiger partial charge in [0.15, 0.2) is 5.75 Å². The summed E-state index contributed by atoms with van der Waals surface area (Å²) < 4.78 is 34.0. The molecule has 1 fully saturated rings. The normalized spacial score (nSPS) is 23.0. The van der Waals surface area contributed by atoms with Crippen LogP contribution >= 0.6 is 0 Å². The highest BCUT2D eigenvalue weighted by molar-refractivity contribution is 7.89. The summed E-state index contributed by atoms with van der Waals surface area (Å²) in [7, 11) is -2.54. The van der Waals surface area contributed by atoms with Gasteiger partial charge in [0.05, 0.1) is 26.4 Å². The first-order valence-electron chi connectivity index (χ1n) is 4.76. The Bertz CT molecular complexity index is 340. The summed E-state index contributed by atoms with van der Waals surface area (Å²) >= 11 is 0. The van der Waals surface area contributed by atoms with E-state index >= 15 is 0 Å². The fourth-order valence-corrected chi connectivity index (χ4v) is 2.70. The number of aliphatic hydroxyl groups excluding tert-OH is 1. The number of carbonyl (C=O) groups is 1. The first-order valence-corrected chi connectivity index (χ1v) is 6.37. The van der Waals surface area contributed by atoms with Gasteiger partial charge >= 0.3 is 5.97 Å². The first-order chi connectivity index (χ1) is 7.49. The highest BCUT2D eigenvalue weighted by atomic mass is 32.2. The Morgan fingerprint density at radius 1 is 1.62 bits per heavy atom. The molecule has 1 aliphatic rings. The third-order valence-electron chi connectivity index (χ3n) is 2.23. The van der Waals surface area contributed by atoms with Crippen molar-refractivity contribution in [1.82, 2.24) is 4.31 Å². The van der Waals surface area contributed by atoms with Crippen LogP contribution in [0.2, 0.25) is 0 Å². The van der Waals surface area contributed by atoms with Gasteiger partial charge in [-0.25, -0.2) is 8.42 Å². The number of esters is 1. The second kappa shape index (κ2) is 5.58. The number of morpholine rings is 1. The molecule has 0 aliphatic carbocycles. The number of nitrogens with zero attached hydrogens (tertiary/aromatic N) is 1. The molecule has 0 radical (unpaired) electrons. The molecule has 0 spiro atoms. The van der Waals surface area contributed by atoms with Crippen LogP contribution in [0.25, 0.3) is 0 Å². The topological polar surface area (TPSA) is 93.1 Å². The largest absolute Gasteiger partial charge is 0.468 e. The van der Waals surface area contributed by atoms with Gasteiger partial charge in [0.1, 0.15) is 0 Å². The zero-order valence-electron chi connectivity index (χ0n) is 8.96. The van der Waals surface area contributed by atoms with Crippen molar-refractivity contribution in [1.29, 1.82) is 0 Å². The Morgan fingerprint density at radius 3 is 2.88 bits per heavy atom. The molecule has 0 aromatic rings. The molecule has 0 amide bonds. The van der Waals surface area contributed by atoms with Gasteiger partial charge in [-0.2, -0.15) is 4.31 Å². The molecule has 94 valence electrons. The van der Waals surface area contributed by atoms with Crippen molar-refractivity contribution in [3.05, 3.63) is 0 Å². The van der Waals surface area contributed by atoms with Crippen LogP contribution in [0.1, 0.15) is 0 Å². The molecule has 0 saturated carbocycles. The van der Waals surface area contributed by atoms with Crippen molar-refractivity contribution in [2.24, 2.45) is 0 Å². The highest BCUT2D eigenvalue weighted by Crippen LogP contribution is 2.10. The van der Waals surface area contributed by atoms with Gasteiger partial charge in [-0.15, -0.1) is 0 Å². The third-order valence-corrected chi connectivity index (χ3v) is 3.95. The van der Waals surface area contributed by atoms with E-state index in [9.17, 15) is 13.2 Å². The number of rotatable bonds is 4. The molecule has 7 nitrogen and oxygen atoms in total. The Labute approximate surface area is 94.0 Å². The van der Waals surface area contributed by atoms with E-state index in [0.717, 1.165) is 11.4 Å². The summed E-state index contributed by atoms with van der Waals surface area (Å²) in [5.74, 6) is -1.48. The van der Waals surface area contributed by atoms with Crippen LogP contribution in [0.15, 0.2) is 0 Å². The minimum atomic E-state index is -3.67. The molecule has 1 N–H and O–H groups in total. The quantitative estimate of drug-likeness (QED) is 0.593. The molecular weight excluding hydrogens is 238 g/mol. The van der Waals surface area contributed by atoms with E-state index in [1.807, 2.05) is 0 Å².